The van der Waals surface area contributed by atoms with Crippen molar-refractivity contribution in [2.75, 3.05) is 19.7 Å². The number of fused-ring (bicyclic) bond motifs is 3. The van der Waals surface area contributed by atoms with Crippen LogP contribution in [0.25, 0.3) is 16.3 Å². The Morgan fingerprint density at radius 2 is 2.06 bits per heavy atom. The summed E-state index contributed by atoms with van der Waals surface area (Å²) in [6, 6.07) is 3.98. The molecule has 0 atom stereocenters. The lowest BCUT2D eigenvalue weighted by Gasteiger charge is -2.43. The zero-order valence-electron chi connectivity index (χ0n) is 16.6. The number of nitrogens with zero attached hydrogens (tertiary/aromatic N) is 7. The molecule has 0 N–H and O–H groups in total. The van der Waals surface area contributed by atoms with Crippen LogP contribution in [0.3, 0.4) is 0 Å². The average Bonchev–Trinajstić information content (AvgIpc) is 3.45. The van der Waals surface area contributed by atoms with E-state index < -0.39 is 0 Å². The van der Waals surface area contributed by atoms with E-state index in [0.29, 0.717) is 25.5 Å². The van der Waals surface area contributed by atoms with Crippen LogP contribution in [0.5, 0.6) is 0 Å². The Hall–Kier alpha value is -3.24. The summed E-state index contributed by atoms with van der Waals surface area (Å²) in [6.45, 7) is 1.89. The molecule has 2 aliphatic heterocycles. The van der Waals surface area contributed by atoms with E-state index in [2.05, 4.69) is 31.1 Å². The SMILES string of the molecule is O=C(c1nc2ncccn2n1)N1CCC2(CC1)OCCc1cc(-c3cnccn3)sc12. The largest absolute Gasteiger partial charge is 0.369 e. The van der Waals surface area contributed by atoms with Crippen LogP contribution in [0.1, 0.15) is 33.9 Å². The molecule has 6 rings (SSSR count). The third-order valence-corrected chi connectivity index (χ3v) is 7.34. The molecule has 10 heteroatoms. The number of amides is 1. The van der Waals surface area contributed by atoms with Crippen LogP contribution in [0.4, 0.5) is 0 Å². The van der Waals surface area contributed by atoms with Crippen molar-refractivity contribution in [3.63, 3.8) is 0 Å². The number of ether oxygens (including phenoxy) is 1. The second kappa shape index (κ2) is 7.17. The number of likely N-dealkylation sites (tertiary alicyclic amines) is 1. The summed E-state index contributed by atoms with van der Waals surface area (Å²) in [4.78, 5) is 34.2. The summed E-state index contributed by atoms with van der Waals surface area (Å²) >= 11 is 1.74. The Morgan fingerprint density at radius 3 is 2.87 bits per heavy atom. The van der Waals surface area contributed by atoms with Gasteiger partial charge in [-0.25, -0.2) is 9.50 Å². The van der Waals surface area contributed by atoms with Gasteiger partial charge in [-0.15, -0.1) is 16.4 Å². The summed E-state index contributed by atoms with van der Waals surface area (Å²) in [5.41, 5.74) is 1.87. The highest BCUT2D eigenvalue weighted by Crippen LogP contribution is 2.47. The van der Waals surface area contributed by atoms with Gasteiger partial charge in [-0.1, -0.05) is 0 Å². The smallest absolute Gasteiger partial charge is 0.293 e. The number of hydrogen-bond acceptors (Lipinski definition) is 8. The normalized spacial score (nSPS) is 17.7. The van der Waals surface area contributed by atoms with E-state index >= 15 is 0 Å². The molecule has 6 heterocycles. The molecular weight excluding hydrogens is 414 g/mol. The fourth-order valence-electron chi connectivity index (χ4n) is 4.38. The van der Waals surface area contributed by atoms with Crippen LogP contribution >= 0.6 is 11.3 Å². The molecule has 0 unspecified atom stereocenters. The molecule has 1 saturated heterocycles. The number of carbonyl (C=O) groups is 1. The maximum absolute atomic E-state index is 13.0. The first-order valence-electron chi connectivity index (χ1n) is 10.2. The number of carbonyl (C=O) groups excluding carboxylic acids is 1. The standard InChI is InChI=1S/C21H19N7O2S/c29-19(18-25-20-24-5-1-8-28(20)26-18)27-9-3-21(4-10-27)17-14(2-11-30-21)12-16(31-17)15-13-22-6-7-23-15/h1,5-8,12-13H,2-4,9-11H2. The Kier molecular flexibility index (Phi) is 4.29. The van der Waals surface area contributed by atoms with Gasteiger partial charge in [-0.2, -0.15) is 4.98 Å². The first-order valence-corrected chi connectivity index (χ1v) is 11.0. The first kappa shape index (κ1) is 18.5. The fraction of sp³-hybridized carbons (Fsp3) is 0.333. The Morgan fingerprint density at radius 1 is 1.16 bits per heavy atom. The second-order valence-electron chi connectivity index (χ2n) is 7.74. The van der Waals surface area contributed by atoms with E-state index in [-0.39, 0.29) is 17.3 Å². The zero-order chi connectivity index (χ0) is 20.8. The van der Waals surface area contributed by atoms with E-state index in [1.807, 2.05) is 4.90 Å². The monoisotopic (exact) mass is 433 g/mol. The lowest BCUT2D eigenvalue weighted by Crippen LogP contribution is -2.48. The second-order valence-corrected chi connectivity index (χ2v) is 8.79. The van der Waals surface area contributed by atoms with Crippen molar-refractivity contribution < 1.29 is 9.53 Å². The van der Waals surface area contributed by atoms with Gasteiger partial charge in [-0.3, -0.25) is 14.8 Å². The molecule has 0 aliphatic carbocycles. The third kappa shape index (κ3) is 3.10. The zero-order valence-corrected chi connectivity index (χ0v) is 17.5. The van der Waals surface area contributed by atoms with Gasteiger partial charge < -0.3 is 9.64 Å². The molecule has 0 saturated carbocycles. The van der Waals surface area contributed by atoms with Gasteiger partial charge in [0, 0.05) is 42.8 Å². The van der Waals surface area contributed by atoms with Gasteiger partial charge in [0.25, 0.3) is 11.7 Å². The molecular formula is C21H19N7O2S. The van der Waals surface area contributed by atoms with Gasteiger partial charge in [0.1, 0.15) is 5.60 Å². The number of aromatic nitrogens is 6. The van der Waals surface area contributed by atoms with E-state index in [4.69, 9.17) is 4.74 Å². The van der Waals surface area contributed by atoms with Crippen LogP contribution in [-0.4, -0.2) is 60.1 Å². The molecule has 156 valence electrons. The highest BCUT2D eigenvalue weighted by molar-refractivity contribution is 7.15. The topological polar surface area (TPSA) is 98.4 Å². The summed E-state index contributed by atoms with van der Waals surface area (Å²) in [6.07, 6.45) is 11.0. The average molecular weight is 433 g/mol. The number of thiophene rings is 1. The van der Waals surface area contributed by atoms with Crippen LogP contribution in [0.2, 0.25) is 0 Å². The predicted octanol–water partition coefficient (Wildman–Crippen LogP) is 2.35. The van der Waals surface area contributed by atoms with E-state index in [9.17, 15) is 4.79 Å². The van der Waals surface area contributed by atoms with Gasteiger partial charge in [0.05, 0.1) is 23.4 Å². The lowest BCUT2D eigenvalue weighted by molar-refractivity contribution is -0.0907. The number of hydrogen-bond donors (Lipinski definition) is 0. The molecule has 1 amide bonds. The van der Waals surface area contributed by atoms with Crippen molar-refractivity contribution >= 4 is 23.0 Å². The Bertz CT molecular complexity index is 1230. The van der Waals surface area contributed by atoms with Crippen molar-refractivity contribution in [1.82, 2.24) is 34.4 Å². The molecule has 0 aromatic carbocycles. The molecule has 2 aliphatic rings. The molecule has 4 aromatic heterocycles. The van der Waals surface area contributed by atoms with Crippen LogP contribution in [0.15, 0.2) is 43.1 Å². The lowest BCUT2D eigenvalue weighted by atomic mass is 9.85. The van der Waals surface area contributed by atoms with Gasteiger partial charge >= 0.3 is 0 Å². The highest BCUT2D eigenvalue weighted by Gasteiger charge is 2.43. The van der Waals surface area contributed by atoms with Crippen molar-refractivity contribution in [1.29, 1.82) is 0 Å². The quantitative estimate of drug-likeness (QED) is 0.478. The van der Waals surface area contributed by atoms with Gasteiger partial charge in [0.15, 0.2) is 0 Å². The summed E-state index contributed by atoms with van der Waals surface area (Å²) < 4.78 is 7.88. The van der Waals surface area contributed by atoms with E-state index in [1.54, 1.807) is 48.4 Å². The van der Waals surface area contributed by atoms with Gasteiger partial charge in [-0.05, 0) is 37.0 Å². The molecule has 0 bridgehead atoms. The van der Waals surface area contributed by atoms with Crippen LogP contribution in [-0.2, 0) is 16.8 Å². The summed E-state index contributed by atoms with van der Waals surface area (Å²) in [5, 5.41) is 4.27. The number of piperidine rings is 1. The number of rotatable bonds is 2. The first-order chi connectivity index (χ1) is 15.2. The molecule has 4 aromatic rings. The molecule has 1 spiro atoms. The Balaban J connectivity index is 1.24. The van der Waals surface area contributed by atoms with Gasteiger partial charge in [0.2, 0.25) is 5.82 Å². The maximum Gasteiger partial charge on any atom is 0.293 e. The van der Waals surface area contributed by atoms with Crippen molar-refractivity contribution in [2.45, 2.75) is 24.9 Å². The summed E-state index contributed by atoms with van der Waals surface area (Å²) in [5.74, 6) is 0.443. The van der Waals surface area contributed by atoms with E-state index in [1.165, 1.54) is 15.0 Å². The predicted molar refractivity (Wildman–Crippen MR) is 113 cm³/mol. The van der Waals surface area contributed by atoms with Crippen molar-refractivity contribution in [2.24, 2.45) is 0 Å². The summed E-state index contributed by atoms with van der Waals surface area (Å²) in [7, 11) is 0. The van der Waals surface area contributed by atoms with Crippen LogP contribution in [0, 0.1) is 0 Å². The fourth-order valence-corrected chi connectivity index (χ4v) is 5.75. The highest BCUT2D eigenvalue weighted by atomic mass is 32.1. The Labute approximate surface area is 181 Å². The van der Waals surface area contributed by atoms with Crippen LogP contribution < -0.4 is 0 Å². The molecule has 9 nitrogen and oxygen atoms in total. The third-order valence-electron chi connectivity index (χ3n) is 5.95. The molecule has 31 heavy (non-hydrogen) atoms. The molecule has 1 fully saturated rings. The molecule has 0 radical (unpaired) electrons. The minimum Gasteiger partial charge on any atom is -0.369 e. The van der Waals surface area contributed by atoms with E-state index in [0.717, 1.165) is 29.8 Å². The maximum atomic E-state index is 13.0. The minimum atomic E-state index is -0.344. The van der Waals surface area contributed by atoms with Crippen molar-refractivity contribution in [3.8, 4) is 10.6 Å². The minimum absolute atomic E-state index is 0.164. The van der Waals surface area contributed by atoms with Crippen molar-refractivity contribution in [3.05, 3.63) is 59.4 Å².